The normalized spacial score (nSPS) is 12.3. The molecule has 0 saturated carbocycles. The molecule has 1 aliphatic carbocycles. The van der Waals surface area contributed by atoms with Crippen molar-refractivity contribution in [3.05, 3.63) is 230 Å². The zero-order valence-electron chi connectivity index (χ0n) is 34.8. The number of benzene rings is 10. The van der Waals surface area contributed by atoms with E-state index in [0.717, 1.165) is 23.5 Å². The molecule has 0 N–H and O–H groups in total. The highest BCUT2D eigenvalue weighted by Gasteiger charge is 2.24. The summed E-state index contributed by atoms with van der Waals surface area (Å²) in [4.78, 5) is 2.41. The summed E-state index contributed by atoms with van der Waals surface area (Å²) in [7, 11) is 0. The SMILES string of the molecule is c1ccc(-c2ccc(N(c3ccc(-c4ccc5sc6ccccc6c5c4)cc3)c3ccc4c(c3)Cc3cc(-c5cccc6c7cccc8c9ccccc9n(c56)c87)ccc3-4)cc2)cc1. The quantitative estimate of drug-likeness (QED) is 0.162. The molecule has 64 heavy (non-hydrogen) atoms. The highest BCUT2D eigenvalue weighted by atomic mass is 32.1. The molecule has 0 saturated heterocycles. The minimum absolute atomic E-state index is 0.887. The van der Waals surface area contributed by atoms with E-state index >= 15 is 0 Å². The standard InChI is InChI=1S/C61H38N2S/c1-2-10-38(11-3-1)39-20-26-45(27-21-39)62(46-28-22-40(23-29-46)41-25-33-59-56(37-41)52-13-5-7-19-58(52)64-59)47-30-32-49-44(36-47)35-43-34-42(24-31-48(43)49)50-14-8-16-54-55-17-9-15-53-51-12-4-6-18-57(51)63(60(50)54)61(53)55/h1-34,36-37H,35H2. The first kappa shape index (κ1) is 35.6. The molecule has 0 spiro atoms. The molecule has 0 fully saturated rings. The van der Waals surface area contributed by atoms with E-state index in [1.807, 2.05) is 11.3 Å². The van der Waals surface area contributed by atoms with Gasteiger partial charge in [0.15, 0.2) is 0 Å². The second kappa shape index (κ2) is 13.8. The van der Waals surface area contributed by atoms with Crippen LogP contribution >= 0.6 is 11.3 Å². The van der Waals surface area contributed by atoms with Gasteiger partial charge in [-0.15, -0.1) is 11.3 Å². The van der Waals surface area contributed by atoms with Gasteiger partial charge in [0, 0.05) is 64.3 Å². The lowest BCUT2D eigenvalue weighted by Gasteiger charge is -2.26. The van der Waals surface area contributed by atoms with E-state index in [9.17, 15) is 0 Å². The van der Waals surface area contributed by atoms with Gasteiger partial charge in [0.25, 0.3) is 0 Å². The molecular weight excluding hydrogens is 793 g/mol. The van der Waals surface area contributed by atoms with Crippen molar-refractivity contribution in [3.63, 3.8) is 0 Å². The Bertz CT molecular complexity index is 3970. The Morgan fingerprint density at radius 2 is 0.875 bits per heavy atom. The van der Waals surface area contributed by atoms with Gasteiger partial charge in [-0.1, -0.05) is 158 Å². The molecule has 1 aliphatic rings. The number of fused-ring (bicyclic) bond motifs is 12. The van der Waals surface area contributed by atoms with Crippen LogP contribution in [-0.4, -0.2) is 4.40 Å². The number of hydrogen-bond donors (Lipinski definition) is 0. The van der Waals surface area contributed by atoms with Gasteiger partial charge in [0.2, 0.25) is 0 Å². The maximum Gasteiger partial charge on any atom is 0.0620 e. The number of para-hydroxylation sites is 3. The van der Waals surface area contributed by atoms with E-state index in [1.165, 1.54) is 114 Å². The van der Waals surface area contributed by atoms with Crippen molar-refractivity contribution < 1.29 is 0 Å². The van der Waals surface area contributed by atoms with Gasteiger partial charge < -0.3 is 9.30 Å². The van der Waals surface area contributed by atoms with E-state index in [4.69, 9.17) is 0 Å². The lowest BCUT2D eigenvalue weighted by molar-refractivity contribution is 1.23. The van der Waals surface area contributed by atoms with Crippen LogP contribution in [0.3, 0.4) is 0 Å². The zero-order chi connectivity index (χ0) is 41.9. The third-order valence-corrected chi connectivity index (χ3v) is 14.9. The van der Waals surface area contributed by atoms with Gasteiger partial charge in [-0.25, -0.2) is 0 Å². The average molecular weight is 831 g/mol. The number of hydrogen-bond acceptors (Lipinski definition) is 2. The minimum Gasteiger partial charge on any atom is -0.310 e. The molecule has 298 valence electrons. The fourth-order valence-electron chi connectivity index (χ4n) is 10.8. The summed E-state index contributed by atoms with van der Waals surface area (Å²) >= 11 is 1.86. The zero-order valence-corrected chi connectivity index (χ0v) is 35.6. The number of anilines is 3. The molecule has 3 heterocycles. The third-order valence-electron chi connectivity index (χ3n) is 13.7. The molecule has 10 aromatic carbocycles. The molecular formula is C61H38N2S. The Balaban J connectivity index is 0.848. The van der Waals surface area contributed by atoms with Crippen LogP contribution in [0.15, 0.2) is 218 Å². The fraction of sp³-hybridized carbons (Fsp3) is 0.0164. The number of thiophene rings is 1. The first-order valence-electron chi connectivity index (χ1n) is 22.1. The summed E-state index contributed by atoms with van der Waals surface area (Å²) < 4.78 is 5.17. The Morgan fingerprint density at radius 3 is 1.67 bits per heavy atom. The monoisotopic (exact) mass is 830 g/mol. The summed E-state index contributed by atoms with van der Waals surface area (Å²) in [6.07, 6.45) is 0.887. The summed E-state index contributed by atoms with van der Waals surface area (Å²) in [5, 5.41) is 7.89. The largest absolute Gasteiger partial charge is 0.310 e. The van der Waals surface area contributed by atoms with Crippen LogP contribution in [0.1, 0.15) is 11.1 Å². The Morgan fingerprint density at radius 1 is 0.328 bits per heavy atom. The maximum absolute atomic E-state index is 2.51. The molecule has 2 nitrogen and oxygen atoms in total. The second-order valence-electron chi connectivity index (χ2n) is 17.3. The average Bonchev–Trinajstić information content (AvgIpc) is 4.11. The molecule has 0 aliphatic heterocycles. The molecule has 0 unspecified atom stereocenters. The van der Waals surface area contributed by atoms with Crippen LogP contribution in [0.4, 0.5) is 17.1 Å². The molecule has 0 atom stereocenters. The van der Waals surface area contributed by atoms with Crippen molar-refractivity contribution in [2.24, 2.45) is 0 Å². The van der Waals surface area contributed by atoms with Crippen LogP contribution in [0.5, 0.6) is 0 Å². The Labute approximate surface area is 374 Å². The molecule has 13 aromatic rings. The predicted molar refractivity (Wildman–Crippen MR) is 273 cm³/mol. The topological polar surface area (TPSA) is 7.65 Å². The van der Waals surface area contributed by atoms with Crippen LogP contribution in [0.25, 0.3) is 103 Å². The lowest BCUT2D eigenvalue weighted by atomic mass is 9.97. The Hall–Kier alpha value is -7.98. The second-order valence-corrected chi connectivity index (χ2v) is 18.3. The number of nitrogens with zero attached hydrogens (tertiary/aromatic N) is 2. The first-order valence-corrected chi connectivity index (χ1v) is 22.9. The number of aromatic nitrogens is 1. The van der Waals surface area contributed by atoms with Crippen molar-refractivity contribution in [2.75, 3.05) is 4.90 Å². The smallest absolute Gasteiger partial charge is 0.0620 e. The van der Waals surface area contributed by atoms with Gasteiger partial charge in [-0.3, -0.25) is 0 Å². The number of rotatable bonds is 6. The van der Waals surface area contributed by atoms with Crippen molar-refractivity contribution in [1.82, 2.24) is 4.40 Å². The highest BCUT2D eigenvalue weighted by Crippen LogP contribution is 2.46. The van der Waals surface area contributed by atoms with E-state index in [-0.39, 0.29) is 0 Å². The highest BCUT2D eigenvalue weighted by molar-refractivity contribution is 7.25. The molecule has 3 aromatic heterocycles. The van der Waals surface area contributed by atoms with E-state index in [0.29, 0.717) is 0 Å². The van der Waals surface area contributed by atoms with E-state index in [2.05, 4.69) is 228 Å². The molecule has 0 bridgehead atoms. The maximum atomic E-state index is 2.51. The van der Waals surface area contributed by atoms with E-state index in [1.54, 1.807) is 0 Å². The predicted octanol–water partition coefficient (Wildman–Crippen LogP) is 17.2. The van der Waals surface area contributed by atoms with Crippen molar-refractivity contribution in [2.45, 2.75) is 6.42 Å². The van der Waals surface area contributed by atoms with Crippen molar-refractivity contribution >= 4 is 86.7 Å². The summed E-state index contributed by atoms with van der Waals surface area (Å²) in [6, 6.07) is 81.1. The van der Waals surface area contributed by atoms with Crippen LogP contribution in [0.2, 0.25) is 0 Å². The lowest BCUT2D eigenvalue weighted by Crippen LogP contribution is -2.10. The van der Waals surface area contributed by atoms with E-state index < -0.39 is 0 Å². The van der Waals surface area contributed by atoms with Gasteiger partial charge in [-0.2, -0.15) is 0 Å². The summed E-state index contributed by atoms with van der Waals surface area (Å²) in [5.41, 5.74) is 20.0. The van der Waals surface area contributed by atoms with Crippen molar-refractivity contribution in [3.8, 4) is 44.5 Å². The van der Waals surface area contributed by atoms with Crippen molar-refractivity contribution in [1.29, 1.82) is 0 Å². The third kappa shape index (κ3) is 5.32. The van der Waals surface area contributed by atoms with Gasteiger partial charge in [0.05, 0.1) is 16.6 Å². The van der Waals surface area contributed by atoms with Crippen LogP contribution in [0, 0.1) is 0 Å². The van der Waals surface area contributed by atoms with Crippen LogP contribution < -0.4 is 4.90 Å². The minimum atomic E-state index is 0.887. The van der Waals surface area contributed by atoms with Gasteiger partial charge in [-0.05, 0) is 117 Å². The summed E-state index contributed by atoms with van der Waals surface area (Å²) in [5.74, 6) is 0. The molecule has 3 heteroatoms. The first-order chi connectivity index (χ1) is 31.7. The van der Waals surface area contributed by atoms with Gasteiger partial charge >= 0.3 is 0 Å². The van der Waals surface area contributed by atoms with Gasteiger partial charge in [0.1, 0.15) is 0 Å². The summed E-state index contributed by atoms with van der Waals surface area (Å²) in [6.45, 7) is 0. The fourth-order valence-corrected chi connectivity index (χ4v) is 11.9. The molecule has 14 rings (SSSR count). The Kier molecular flexibility index (Phi) is 7.65. The molecule has 0 radical (unpaired) electrons. The van der Waals surface area contributed by atoms with Crippen LogP contribution in [-0.2, 0) is 6.42 Å². The molecule has 0 amide bonds.